The molecule has 18 heavy (non-hydrogen) atoms. The quantitative estimate of drug-likeness (QED) is 0.642. The van der Waals surface area contributed by atoms with Crippen molar-refractivity contribution in [3.63, 3.8) is 0 Å². The Morgan fingerprint density at radius 2 is 2.28 bits per heavy atom. The third kappa shape index (κ3) is 2.30. The summed E-state index contributed by atoms with van der Waals surface area (Å²) in [5.74, 6) is -1.52. The van der Waals surface area contributed by atoms with Crippen molar-refractivity contribution in [1.82, 2.24) is 0 Å². The molecule has 0 saturated heterocycles. The van der Waals surface area contributed by atoms with E-state index in [2.05, 4.69) is 27.6 Å². The van der Waals surface area contributed by atoms with Crippen LogP contribution in [-0.4, -0.2) is 29.2 Å². The van der Waals surface area contributed by atoms with E-state index in [-0.39, 0.29) is 12.3 Å². The molecule has 0 radical (unpaired) electrons. The van der Waals surface area contributed by atoms with Crippen LogP contribution in [0, 0.1) is 3.57 Å². The Morgan fingerprint density at radius 1 is 1.56 bits per heavy atom. The van der Waals surface area contributed by atoms with Crippen molar-refractivity contribution in [2.45, 2.75) is 13.0 Å². The van der Waals surface area contributed by atoms with Gasteiger partial charge in [-0.2, -0.15) is 0 Å². The Balaban J connectivity index is 2.48. The molecule has 0 aliphatic carbocycles. The van der Waals surface area contributed by atoms with Gasteiger partial charge < -0.3 is 9.84 Å². The van der Waals surface area contributed by atoms with E-state index in [1.54, 1.807) is 25.1 Å². The number of halogens is 1. The van der Waals surface area contributed by atoms with Gasteiger partial charge in [0.05, 0.1) is 12.3 Å². The molecule has 2 rings (SSSR count). The average molecular weight is 359 g/mol. The summed E-state index contributed by atoms with van der Waals surface area (Å²) < 4.78 is 5.62. The zero-order chi connectivity index (χ0) is 13.3. The van der Waals surface area contributed by atoms with E-state index in [0.29, 0.717) is 11.3 Å². The van der Waals surface area contributed by atoms with Crippen LogP contribution in [0.3, 0.4) is 0 Å². The van der Waals surface area contributed by atoms with Crippen molar-refractivity contribution in [1.29, 1.82) is 0 Å². The molecular formula is C12H10INO4. The van der Waals surface area contributed by atoms with E-state index in [1.165, 1.54) is 0 Å². The summed E-state index contributed by atoms with van der Waals surface area (Å²) in [6.45, 7) is 1.79. The van der Waals surface area contributed by atoms with Crippen LogP contribution in [0.15, 0.2) is 23.2 Å². The third-order valence-corrected chi connectivity index (χ3v) is 3.14. The van der Waals surface area contributed by atoms with E-state index in [1.807, 2.05) is 0 Å². The number of fused-ring (bicyclic) bond motifs is 1. The summed E-state index contributed by atoms with van der Waals surface area (Å²) in [5.41, 5.74) is 0.489. The standard InChI is InChI=1S/C12H10INO4/c1-2-18-12(17)9-11(16)10(15)7-5-6(13)3-4-8(7)14-9/h3-5,10,15H,2H2,1H3. The molecule has 94 valence electrons. The number of aliphatic hydroxyl groups is 1. The Kier molecular flexibility index (Phi) is 3.76. The van der Waals surface area contributed by atoms with Gasteiger partial charge in [-0.1, -0.05) is 0 Å². The van der Waals surface area contributed by atoms with Crippen molar-refractivity contribution < 1.29 is 19.4 Å². The van der Waals surface area contributed by atoms with E-state index in [0.717, 1.165) is 3.57 Å². The molecular weight excluding hydrogens is 349 g/mol. The molecule has 1 aromatic carbocycles. The first-order valence-electron chi connectivity index (χ1n) is 5.32. The van der Waals surface area contributed by atoms with Crippen molar-refractivity contribution in [3.05, 3.63) is 27.3 Å². The highest BCUT2D eigenvalue weighted by Crippen LogP contribution is 2.32. The van der Waals surface area contributed by atoms with Gasteiger partial charge in [-0.05, 0) is 47.7 Å². The zero-order valence-electron chi connectivity index (χ0n) is 9.51. The number of hydrogen-bond donors (Lipinski definition) is 1. The first kappa shape index (κ1) is 13.2. The molecule has 1 N–H and O–H groups in total. The number of carbonyl (C=O) groups excluding carboxylic acids is 2. The third-order valence-electron chi connectivity index (χ3n) is 2.47. The number of nitrogens with zero attached hydrogens (tertiary/aromatic N) is 1. The van der Waals surface area contributed by atoms with Gasteiger partial charge in [0.15, 0.2) is 5.71 Å². The molecule has 1 aliphatic heterocycles. The highest BCUT2D eigenvalue weighted by atomic mass is 127. The maximum Gasteiger partial charge on any atom is 0.360 e. The maximum absolute atomic E-state index is 11.8. The SMILES string of the molecule is CCOC(=O)C1=Nc2ccc(I)cc2C(O)C1=O. The van der Waals surface area contributed by atoms with E-state index >= 15 is 0 Å². The fourth-order valence-corrected chi connectivity index (χ4v) is 2.15. The minimum absolute atomic E-state index is 0.154. The number of aliphatic hydroxyl groups excluding tert-OH is 1. The molecule has 0 amide bonds. The van der Waals surface area contributed by atoms with Gasteiger partial charge in [0, 0.05) is 9.13 Å². The Morgan fingerprint density at radius 3 is 2.94 bits per heavy atom. The molecule has 0 aromatic heterocycles. The number of ether oxygens (including phenoxy) is 1. The van der Waals surface area contributed by atoms with Crippen LogP contribution in [0.2, 0.25) is 0 Å². The van der Waals surface area contributed by atoms with Gasteiger partial charge in [0.2, 0.25) is 5.78 Å². The van der Waals surface area contributed by atoms with Crippen molar-refractivity contribution in [2.75, 3.05) is 6.61 Å². The van der Waals surface area contributed by atoms with E-state index in [4.69, 9.17) is 4.74 Å². The Labute approximate surface area is 117 Å². The Hall–Kier alpha value is -1.28. The summed E-state index contributed by atoms with van der Waals surface area (Å²) in [4.78, 5) is 27.3. The second-order valence-corrected chi connectivity index (χ2v) is 4.90. The molecule has 0 fully saturated rings. The number of esters is 1. The van der Waals surface area contributed by atoms with Gasteiger partial charge in [-0.15, -0.1) is 0 Å². The highest BCUT2D eigenvalue weighted by Gasteiger charge is 2.34. The molecule has 1 aromatic rings. The number of aliphatic imine (C=N–C) groups is 1. The topological polar surface area (TPSA) is 76.0 Å². The molecule has 1 heterocycles. The zero-order valence-corrected chi connectivity index (χ0v) is 11.7. The van der Waals surface area contributed by atoms with Crippen LogP contribution < -0.4 is 0 Å². The lowest BCUT2D eigenvalue weighted by Crippen LogP contribution is -2.33. The number of benzene rings is 1. The predicted octanol–water partition coefficient (Wildman–Crippen LogP) is 1.54. The van der Waals surface area contributed by atoms with Crippen molar-refractivity contribution in [2.24, 2.45) is 4.99 Å². The van der Waals surface area contributed by atoms with Crippen LogP contribution in [0.4, 0.5) is 5.69 Å². The smallest absolute Gasteiger partial charge is 0.360 e. The van der Waals surface area contributed by atoms with Crippen LogP contribution >= 0.6 is 22.6 Å². The average Bonchev–Trinajstić information content (AvgIpc) is 2.34. The first-order valence-corrected chi connectivity index (χ1v) is 6.40. The fraction of sp³-hybridized carbons (Fsp3) is 0.250. The second-order valence-electron chi connectivity index (χ2n) is 3.65. The van der Waals surface area contributed by atoms with Gasteiger partial charge in [0.1, 0.15) is 6.10 Å². The number of rotatable bonds is 2. The summed E-state index contributed by atoms with van der Waals surface area (Å²) in [6.07, 6.45) is -1.35. The maximum atomic E-state index is 11.8. The Bertz CT molecular complexity index is 553. The van der Waals surface area contributed by atoms with Crippen LogP contribution in [-0.2, 0) is 14.3 Å². The fourth-order valence-electron chi connectivity index (χ4n) is 1.64. The number of ketones is 1. The molecule has 1 unspecified atom stereocenters. The summed E-state index contributed by atoms with van der Waals surface area (Å²) in [6, 6.07) is 5.12. The summed E-state index contributed by atoms with van der Waals surface area (Å²) >= 11 is 2.07. The molecule has 1 aliphatic rings. The van der Waals surface area contributed by atoms with Crippen LogP contribution in [0.25, 0.3) is 0 Å². The molecule has 5 nitrogen and oxygen atoms in total. The minimum atomic E-state index is -1.35. The first-order chi connectivity index (χ1) is 8.54. The largest absolute Gasteiger partial charge is 0.461 e. The minimum Gasteiger partial charge on any atom is -0.461 e. The number of hydrogen-bond acceptors (Lipinski definition) is 5. The van der Waals surface area contributed by atoms with Crippen LogP contribution in [0.1, 0.15) is 18.6 Å². The van der Waals surface area contributed by atoms with Gasteiger partial charge >= 0.3 is 5.97 Å². The van der Waals surface area contributed by atoms with Gasteiger partial charge in [-0.3, -0.25) is 4.79 Å². The normalized spacial score (nSPS) is 18.1. The number of carbonyl (C=O) groups is 2. The highest BCUT2D eigenvalue weighted by molar-refractivity contribution is 14.1. The van der Waals surface area contributed by atoms with E-state index in [9.17, 15) is 14.7 Å². The van der Waals surface area contributed by atoms with Crippen molar-refractivity contribution >= 4 is 45.7 Å². The summed E-state index contributed by atoms with van der Waals surface area (Å²) in [7, 11) is 0. The summed E-state index contributed by atoms with van der Waals surface area (Å²) in [5, 5.41) is 9.90. The van der Waals surface area contributed by atoms with Crippen molar-refractivity contribution in [3.8, 4) is 0 Å². The van der Waals surface area contributed by atoms with E-state index < -0.39 is 17.9 Å². The molecule has 1 atom stereocenters. The molecule has 0 saturated carbocycles. The lowest BCUT2D eigenvalue weighted by Gasteiger charge is -2.18. The lowest BCUT2D eigenvalue weighted by atomic mass is 9.97. The molecule has 6 heteroatoms. The molecule has 0 spiro atoms. The predicted molar refractivity (Wildman–Crippen MR) is 72.9 cm³/mol. The molecule has 0 bridgehead atoms. The van der Waals surface area contributed by atoms with Gasteiger partial charge in [0.25, 0.3) is 0 Å². The number of Topliss-reactive ketones (excluding diaryl/α,β-unsaturated/α-hetero) is 1. The van der Waals surface area contributed by atoms with Crippen LogP contribution in [0.5, 0.6) is 0 Å². The second kappa shape index (κ2) is 5.15. The van der Waals surface area contributed by atoms with Gasteiger partial charge in [-0.25, -0.2) is 9.79 Å². The lowest BCUT2D eigenvalue weighted by molar-refractivity contribution is -0.136. The monoisotopic (exact) mass is 359 g/mol.